The van der Waals surface area contributed by atoms with E-state index in [1.165, 1.54) is 31.4 Å². The Morgan fingerprint density at radius 3 is 2.95 bits per heavy atom. The lowest BCUT2D eigenvalue weighted by Gasteiger charge is -2.28. The number of hydrogen-bond acceptors (Lipinski definition) is 1. The van der Waals surface area contributed by atoms with Gasteiger partial charge in [0.15, 0.2) is 5.96 Å². The topological polar surface area (TPSA) is 41.4 Å². The van der Waals surface area contributed by atoms with Crippen molar-refractivity contribution in [3.05, 3.63) is 24.0 Å². The van der Waals surface area contributed by atoms with Crippen LogP contribution in [0.4, 0.5) is 0 Å². The van der Waals surface area contributed by atoms with Gasteiger partial charge in [0.1, 0.15) is 0 Å². The van der Waals surface area contributed by atoms with E-state index < -0.39 is 0 Å². The molecule has 2 N–H and O–H groups in total. The predicted octanol–water partition coefficient (Wildman–Crippen LogP) is 2.27. The van der Waals surface area contributed by atoms with Gasteiger partial charge < -0.3 is 15.2 Å². The Balaban J connectivity index is 1.82. The summed E-state index contributed by atoms with van der Waals surface area (Å²) < 4.78 is 2.13. The number of aromatic nitrogens is 1. The fourth-order valence-corrected chi connectivity index (χ4v) is 2.81. The Kier molecular flexibility index (Phi) is 4.88. The lowest BCUT2D eigenvalue weighted by molar-refractivity contribution is 0.324. The van der Waals surface area contributed by atoms with Crippen LogP contribution in [-0.2, 0) is 13.6 Å². The Morgan fingerprint density at radius 1 is 1.47 bits per heavy atom. The van der Waals surface area contributed by atoms with Crippen LogP contribution in [-0.4, -0.2) is 23.6 Å². The maximum atomic E-state index is 4.32. The minimum atomic E-state index is 0.573. The van der Waals surface area contributed by atoms with Crippen molar-refractivity contribution < 1.29 is 0 Å². The quantitative estimate of drug-likeness (QED) is 0.648. The van der Waals surface area contributed by atoms with E-state index in [2.05, 4.69) is 52.5 Å². The summed E-state index contributed by atoms with van der Waals surface area (Å²) in [5.74, 6) is 1.75. The molecule has 4 nitrogen and oxygen atoms in total. The van der Waals surface area contributed by atoms with Gasteiger partial charge in [-0.2, -0.15) is 0 Å². The Morgan fingerprint density at radius 2 is 2.32 bits per heavy atom. The number of nitrogens with zero attached hydrogens (tertiary/aromatic N) is 2. The number of nitrogens with one attached hydrogen (secondary N) is 2. The second-order valence-corrected chi connectivity index (χ2v) is 5.65. The molecule has 1 aliphatic rings. The van der Waals surface area contributed by atoms with Gasteiger partial charge in [0.25, 0.3) is 0 Å². The molecule has 0 spiro atoms. The zero-order valence-corrected chi connectivity index (χ0v) is 12.3. The van der Waals surface area contributed by atoms with Gasteiger partial charge in [-0.3, -0.25) is 4.99 Å². The summed E-state index contributed by atoms with van der Waals surface area (Å²) in [6, 6.07) is 4.77. The maximum absolute atomic E-state index is 4.32. The highest BCUT2D eigenvalue weighted by molar-refractivity contribution is 5.79. The lowest BCUT2D eigenvalue weighted by atomic mass is 9.87. The van der Waals surface area contributed by atoms with Crippen LogP contribution >= 0.6 is 0 Å². The molecule has 1 aliphatic carbocycles. The lowest BCUT2D eigenvalue weighted by Crippen LogP contribution is -2.44. The summed E-state index contributed by atoms with van der Waals surface area (Å²) in [6.45, 7) is 3.15. The molecule has 1 heterocycles. The van der Waals surface area contributed by atoms with Crippen LogP contribution in [0, 0.1) is 5.92 Å². The first-order chi connectivity index (χ1) is 9.19. The van der Waals surface area contributed by atoms with Gasteiger partial charge in [0, 0.05) is 32.0 Å². The SMILES string of the molecule is CN=C(NCc1cccn1C)NC1CCCC(C)C1. The van der Waals surface area contributed by atoms with Gasteiger partial charge >= 0.3 is 0 Å². The van der Waals surface area contributed by atoms with Crippen molar-refractivity contribution in [2.45, 2.75) is 45.2 Å². The number of aryl methyl sites for hydroxylation is 1. The van der Waals surface area contributed by atoms with Crippen molar-refractivity contribution in [1.82, 2.24) is 15.2 Å². The first kappa shape index (κ1) is 14.0. The summed E-state index contributed by atoms with van der Waals surface area (Å²) in [5, 5.41) is 6.94. The van der Waals surface area contributed by atoms with E-state index in [0.29, 0.717) is 6.04 Å². The van der Waals surface area contributed by atoms with Gasteiger partial charge in [-0.05, 0) is 30.9 Å². The van der Waals surface area contributed by atoms with Crippen molar-refractivity contribution in [2.75, 3.05) is 7.05 Å². The van der Waals surface area contributed by atoms with Crippen LogP contribution in [0.1, 0.15) is 38.3 Å². The molecule has 2 atom stereocenters. The second kappa shape index (κ2) is 6.64. The molecule has 0 radical (unpaired) electrons. The zero-order chi connectivity index (χ0) is 13.7. The summed E-state index contributed by atoms with van der Waals surface area (Å²) in [7, 11) is 3.91. The van der Waals surface area contributed by atoms with Gasteiger partial charge in [0.05, 0.1) is 6.54 Å². The third-order valence-electron chi connectivity index (χ3n) is 3.99. The third-order valence-corrected chi connectivity index (χ3v) is 3.99. The summed E-state index contributed by atoms with van der Waals surface area (Å²) in [5.41, 5.74) is 1.26. The molecule has 1 fully saturated rings. The average molecular weight is 262 g/mol. The molecule has 2 rings (SSSR count). The summed E-state index contributed by atoms with van der Waals surface area (Å²) in [6.07, 6.45) is 7.28. The fourth-order valence-electron chi connectivity index (χ4n) is 2.81. The monoisotopic (exact) mass is 262 g/mol. The number of guanidine groups is 1. The highest BCUT2D eigenvalue weighted by Crippen LogP contribution is 2.23. The summed E-state index contributed by atoms with van der Waals surface area (Å²) in [4.78, 5) is 4.32. The molecular weight excluding hydrogens is 236 g/mol. The van der Waals surface area contributed by atoms with Crippen LogP contribution in [0.25, 0.3) is 0 Å². The Hall–Kier alpha value is -1.45. The van der Waals surface area contributed by atoms with Crippen LogP contribution < -0.4 is 10.6 Å². The predicted molar refractivity (Wildman–Crippen MR) is 80.2 cm³/mol. The molecule has 2 unspecified atom stereocenters. The van der Waals surface area contributed by atoms with Gasteiger partial charge in [-0.15, -0.1) is 0 Å². The minimum absolute atomic E-state index is 0.573. The van der Waals surface area contributed by atoms with Gasteiger partial charge in [-0.25, -0.2) is 0 Å². The van der Waals surface area contributed by atoms with Crippen molar-refractivity contribution in [3.8, 4) is 0 Å². The van der Waals surface area contributed by atoms with E-state index in [0.717, 1.165) is 18.4 Å². The number of rotatable bonds is 3. The molecule has 0 amide bonds. The van der Waals surface area contributed by atoms with E-state index in [1.54, 1.807) is 0 Å². The van der Waals surface area contributed by atoms with E-state index in [1.807, 2.05) is 7.05 Å². The average Bonchev–Trinajstić information content (AvgIpc) is 2.80. The normalized spacial score (nSPS) is 24.3. The maximum Gasteiger partial charge on any atom is 0.191 e. The molecule has 1 saturated carbocycles. The molecular formula is C15H26N4. The van der Waals surface area contributed by atoms with E-state index in [9.17, 15) is 0 Å². The van der Waals surface area contributed by atoms with Gasteiger partial charge in [-0.1, -0.05) is 19.8 Å². The smallest absolute Gasteiger partial charge is 0.191 e. The third kappa shape index (κ3) is 4.01. The van der Waals surface area contributed by atoms with Crippen molar-refractivity contribution in [3.63, 3.8) is 0 Å². The van der Waals surface area contributed by atoms with E-state index in [-0.39, 0.29) is 0 Å². The zero-order valence-electron chi connectivity index (χ0n) is 12.3. The first-order valence-electron chi connectivity index (χ1n) is 7.26. The van der Waals surface area contributed by atoms with Crippen molar-refractivity contribution >= 4 is 5.96 Å². The molecule has 4 heteroatoms. The number of aliphatic imine (C=N–C) groups is 1. The van der Waals surface area contributed by atoms with Crippen LogP contribution in [0.3, 0.4) is 0 Å². The van der Waals surface area contributed by atoms with Gasteiger partial charge in [0.2, 0.25) is 0 Å². The first-order valence-corrected chi connectivity index (χ1v) is 7.26. The van der Waals surface area contributed by atoms with Crippen molar-refractivity contribution in [1.29, 1.82) is 0 Å². The highest BCUT2D eigenvalue weighted by Gasteiger charge is 2.19. The standard InChI is InChI=1S/C15H26N4/c1-12-6-4-7-13(10-12)18-15(16-2)17-11-14-8-5-9-19(14)3/h5,8-9,12-13H,4,6-7,10-11H2,1-3H3,(H2,16,17,18). The molecule has 0 aromatic carbocycles. The highest BCUT2D eigenvalue weighted by atomic mass is 15.2. The van der Waals surface area contributed by atoms with Crippen molar-refractivity contribution in [2.24, 2.45) is 18.0 Å². The van der Waals surface area contributed by atoms with Crippen LogP contribution in [0.5, 0.6) is 0 Å². The fraction of sp³-hybridized carbons (Fsp3) is 0.667. The molecule has 0 saturated heterocycles. The molecule has 1 aromatic rings. The number of hydrogen-bond donors (Lipinski definition) is 2. The Labute approximate surface area is 116 Å². The molecule has 106 valence electrons. The van der Waals surface area contributed by atoms with E-state index in [4.69, 9.17) is 0 Å². The molecule has 0 aliphatic heterocycles. The molecule has 1 aromatic heterocycles. The molecule has 19 heavy (non-hydrogen) atoms. The minimum Gasteiger partial charge on any atom is -0.354 e. The Bertz CT molecular complexity index is 422. The molecule has 0 bridgehead atoms. The van der Waals surface area contributed by atoms with Crippen LogP contribution in [0.15, 0.2) is 23.3 Å². The summed E-state index contributed by atoms with van der Waals surface area (Å²) >= 11 is 0. The van der Waals surface area contributed by atoms with E-state index >= 15 is 0 Å². The van der Waals surface area contributed by atoms with Crippen LogP contribution in [0.2, 0.25) is 0 Å². The second-order valence-electron chi connectivity index (χ2n) is 5.65. The largest absolute Gasteiger partial charge is 0.354 e.